The van der Waals surface area contributed by atoms with E-state index < -0.39 is 11.9 Å². The number of rotatable bonds is 7. The zero-order valence-electron chi connectivity index (χ0n) is 19.0. The number of fused-ring (bicyclic) bond motifs is 1. The molecule has 2 heterocycles. The van der Waals surface area contributed by atoms with E-state index in [2.05, 4.69) is 10.3 Å². The van der Waals surface area contributed by atoms with E-state index in [1.54, 1.807) is 64.3 Å². The Morgan fingerprint density at radius 1 is 0.939 bits per heavy atom. The zero-order valence-corrected chi connectivity index (χ0v) is 19.0. The van der Waals surface area contributed by atoms with Gasteiger partial charge in [-0.1, -0.05) is 6.07 Å². The maximum absolute atomic E-state index is 12.4. The van der Waals surface area contributed by atoms with Crippen molar-refractivity contribution in [3.8, 4) is 34.4 Å². The van der Waals surface area contributed by atoms with Gasteiger partial charge in [0.25, 0.3) is 0 Å². The summed E-state index contributed by atoms with van der Waals surface area (Å²) in [7, 11) is 6.25. The highest BCUT2D eigenvalue weighted by Gasteiger charge is 2.34. The van der Waals surface area contributed by atoms with Gasteiger partial charge in [-0.05, 0) is 42.8 Å². The molecule has 0 radical (unpaired) electrons. The fraction of sp³-hybridized carbons (Fsp3) is 0.261. The molecule has 1 atom stereocenters. The van der Waals surface area contributed by atoms with Crippen molar-refractivity contribution in [2.45, 2.75) is 13.0 Å². The topological polar surface area (TPSA) is 123 Å². The van der Waals surface area contributed by atoms with E-state index >= 15 is 0 Å². The standard InChI is InChI=1S/C23H25N5O5/c1-12-19(21(24)29)20(13-6-8-15(30-2)17(10-13)32-4)28-23(25-12)26-22(27-28)14-7-9-16(31-3)18(11-14)33-5/h6-11,20H,1-5H3,(H2,24,29)(H,25,26,27)/t20-/m0/s1. The van der Waals surface area contributed by atoms with Crippen molar-refractivity contribution < 1.29 is 23.7 Å². The van der Waals surface area contributed by atoms with Gasteiger partial charge in [0, 0.05) is 11.3 Å². The Labute approximate surface area is 190 Å². The van der Waals surface area contributed by atoms with Crippen LogP contribution >= 0.6 is 0 Å². The minimum absolute atomic E-state index is 0.374. The minimum Gasteiger partial charge on any atom is -0.493 e. The third-order valence-electron chi connectivity index (χ3n) is 5.48. The molecule has 0 fully saturated rings. The van der Waals surface area contributed by atoms with Gasteiger partial charge in [-0.25, -0.2) is 4.68 Å². The molecule has 0 bridgehead atoms. The van der Waals surface area contributed by atoms with E-state index in [0.29, 0.717) is 46.0 Å². The van der Waals surface area contributed by atoms with Crippen LogP contribution in [0.1, 0.15) is 18.5 Å². The summed E-state index contributed by atoms with van der Waals surface area (Å²) in [5.74, 6) is 2.61. The molecule has 4 rings (SSSR count). The first kappa shape index (κ1) is 22.0. The van der Waals surface area contributed by atoms with Crippen LogP contribution in [-0.2, 0) is 4.79 Å². The molecule has 3 aromatic rings. The first-order valence-electron chi connectivity index (χ1n) is 10.1. The molecule has 0 spiro atoms. The molecule has 0 unspecified atom stereocenters. The summed E-state index contributed by atoms with van der Waals surface area (Å²) >= 11 is 0. The molecule has 10 heteroatoms. The van der Waals surface area contributed by atoms with Gasteiger partial charge >= 0.3 is 0 Å². The fourth-order valence-electron chi connectivity index (χ4n) is 3.90. The Balaban J connectivity index is 1.86. The highest BCUT2D eigenvalue weighted by molar-refractivity contribution is 5.95. The van der Waals surface area contributed by atoms with Crippen molar-refractivity contribution in [1.82, 2.24) is 14.8 Å². The third-order valence-corrected chi connectivity index (χ3v) is 5.48. The number of aromatic nitrogens is 3. The molecule has 1 amide bonds. The number of nitrogens with one attached hydrogen (secondary N) is 1. The Morgan fingerprint density at radius 2 is 1.55 bits per heavy atom. The van der Waals surface area contributed by atoms with Crippen molar-refractivity contribution in [2.75, 3.05) is 33.8 Å². The van der Waals surface area contributed by atoms with Gasteiger partial charge in [-0.15, -0.1) is 5.10 Å². The van der Waals surface area contributed by atoms with E-state index in [4.69, 9.17) is 29.8 Å². The normalized spacial score (nSPS) is 14.9. The maximum atomic E-state index is 12.4. The quantitative estimate of drug-likeness (QED) is 0.562. The molecule has 1 aliphatic rings. The van der Waals surface area contributed by atoms with Crippen LogP contribution in [0.5, 0.6) is 23.0 Å². The minimum atomic E-state index is -0.611. The molecular weight excluding hydrogens is 426 g/mol. The van der Waals surface area contributed by atoms with Crippen LogP contribution < -0.4 is 30.0 Å². The van der Waals surface area contributed by atoms with Crippen molar-refractivity contribution in [1.29, 1.82) is 0 Å². The van der Waals surface area contributed by atoms with E-state index in [9.17, 15) is 4.79 Å². The monoisotopic (exact) mass is 451 g/mol. The Bertz CT molecular complexity index is 1250. The van der Waals surface area contributed by atoms with Crippen molar-refractivity contribution >= 4 is 11.9 Å². The van der Waals surface area contributed by atoms with Gasteiger partial charge in [0.05, 0.1) is 34.0 Å². The summed E-state index contributed by atoms with van der Waals surface area (Å²) in [6.45, 7) is 1.78. The summed E-state index contributed by atoms with van der Waals surface area (Å²) in [4.78, 5) is 17.1. The van der Waals surface area contributed by atoms with Crippen LogP contribution in [0.15, 0.2) is 47.7 Å². The largest absolute Gasteiger partial charge is 0.493 e. The van der Waals surface area contributed by atoms with Crippen LogP contribution in [0.25, 0.3) is 11.4 Å². The number of carbonyl (C=O) groups is 1. The number of allylic oxidation sites excluding steroid dienone is 1. The number of carbonyl (C=O) groups excluding carboxylic acids is 1. The van der Waals surface area contributed by atoms with Gasteiger partial charge in [0.15, 0.2) is 28.8 Å². The second-order valence-electron chi connectivity index (χ2n) is 7.32. The summed E-state index contributed by atoms with van der Waals surface area (Å²) < 4.78 is 23.2. The van der Waals surface area contributed by atoms with Crippen molar-refractivity contribution in [2.24, 2.45) is 5.73 Å². The average molecular weight is 451 g/mol. The Kier molecular flexibility index (Phi) is 5.82. The molecule has 3 N–H and O–H groups in total. The van der Waals surface area contributed by atoms with E-state index in [0.717, 1.165) is 11.1 Å². The summed E-state index contributed by atoms with van der Waals surface area (Å²) in [6, 6.07) is 10.2. The SMILES string of the molecule is COc1ccc(-c2nc3n(n2)[C@@H](c2ccc(OC)c(OC)c2)C(C(N)=O)=C(C)N3)cc1OC. The third kappa shape index (κ3) is 3.79. The van der Waals surface area contributed by atoms with Crippen LogP contribution in [0.2, 0.25) is 0 Å². The van der Waals surface area contributed by atoms with Crippen LogP contribution in [0, 0.1) is 0 Å². The van der Waals surface area contributed by atoms with E-state index in [-0.39, 0.29) is 0 Å². The van der Waals surface area contributed by atoms with Gasteiger partial charge < -0.3 is 30.0 Å². The Morgan fingerprint density at radius 3 is 2.15 bits per heavy atom. The zero-order chi connectivity index (χ0) is 23.7. The molecule has 0 saturated heterocycles. The Hall–Kier alpha value is -4.21. The molecule has 0 saturated carbocycles. The molecule has 172 valence electrons. The predicted octanol–water partition coefficient (Wildman–Crippen LogP) is 2.75. The average Bonchev–Trinajstić information content (AvgIpc) is 3.25. The second kappa shape index (κ2) is 8.73. The van der Waals surface area contributed by atoms with Gasteiger partial charge in [0.2, 0.25) is 11.9 Å². The van der Waals surface area contributed by atoms with E-state index in [1.807, 2.05) is 12.1 Å². The number of ether oxygens (including phenoxy) is 4. The molecule has 1 aliphatic heterocycles. The van der Waals surface area contributed by atoms with Crippen LogP contribution in [-0.4, -0.2) is 49.1 Å². The highest BCUT2D eigenvalue weighted by Crippen LogP contribution is 2.40. The van der Waals surface area contributed by atoms with Gasteiger partial charge in [-0.2, -0.15) is 4.98 Å². The lowest BCUT2D eigenvalue weighted by molar-refractivity contribution is -0.115. The number of hydrogen-bond acceptors (Lipinski definition) is 8. The lowest BCUT2D eigenvalue weighted by Gasteiger charge is -2.28. The number of nitrogens with two attached hydrogens (primary N) is 1. The molecule has 2 aromatic carbocycles. The molecule has 1 aromatic heterocycles. The molecule has 0 aliphatic carbocycles. The van der Waals surface area contributed by atoms with Crippen molar-refractivity contribution in [3.63, 3.8) is 0 Å². The highest BCUT2D eigenvalue weighted by atomic mass is 16.5. The number of amides is 1. The number of benzene rings is 2. The lowest BCUT2D eigenvalue weighted by atomic mass is 9.95. The number of nitrogens with zero attached hydrogens (tertiary/aromatic N) is 3. The number of anilines is 1. The molecule has 10 nitrogen and oxygen atoms in total. The summed E-state index contributed by atoms with van der Waals surface area (Å²) in [6.07, 6.45) is 0. The summed E-state index contributed by atoms with van der Waals surface area (Å²) in [5.41, 5.74) is 8.21. The predicted molar refractivity (Wildman–Crippen MR) is 122 cm³/mol. The molecule has 33 heavy (non-hydrogen) atoms. The number of primary amides is 1. The second-order valence-corrected chi connectivity index (χ2v) is 7.32. The lowest BCUT2D eigenvalue weighted by Crippen LogP contribution is -2.31. The number of hydrogen-bond donors (Lipinski definition) is 2. The molecular formula is C23H25N5O5. The number of methoxy groups -OCH3 is 4. The fourth-order valence-corrected chi connectivity index (χ4v) is 3.90. The first-order valence-corrected chi connectivity index (χ1v) is 10.1. The first-order chi connectivity index (χ1) is 15.9. The summed E-state index contributed by atoms with van der Waals surface area (Å²) in [5, 5.41) is 7.85. The van der Waals surface area contributed by atoms with Gasteiger partial charge in [0.1, 0.15) is 6.04 Å². The van der Waals surface area contributed by atoms with Gasteiger partial charge in [-0.3, -0.25) is 4.79 Å². The maximum Gasteiger partial charge on any atom is 0.248 e. The van der Waals surface area contributed by atoms with E-state index in [1.165, 1.54) is 0 Å². The van der Waals surface area contributed by atoms with Crippen LogP contribution in [0.4, 0.5) is 5.95 Å². The smallest absolute Gasteiger partial charge is 0.248 e. The van der Waals surface area contributed by atoms with Crippen LogP contribution in [0.3, 0.4) is 0 Å². The van der Waals surface area contributed by atoms with Crippen molar-refractivity contribution in [3.05, 3.63) is 53.2 Å².